The number of carbonyl (C=O) groups is 4. The standard InChI is InChI=1S/C22H12Cl2N2O5/c23-12-6-8-14(22(30)31)17(10-12)25-19(27)11-5-7-13-15(9-11)21(29)26(20(13)28)18-4-2-1-3-16(18)24/h1-10H,(H,25,27)(H,30,31). The molecule has 3 aromatic rings. The van der Waals surface area contributed by atoms with Crippen molar-refractivity contribution in [2.24, 2.45) is 0 Å². The van der Waals surface area contributed by atoms with E-state index in [9.17, 15) is 24.3 Å². The van der Waals surface area contributed by atoms with Crippen molar-refractivity contribution in [3.05, 3.63) is 93.0 Å². The van der Waals surface area contributed by atoms with Gasteiger partial charge >= 0.3 is 5.97 Å². The van der Waals surface area contributed by atoms with Crippen molar-refractivity contribution in [3.63, 3.8) is 0 Å². The van der Waals surface area contributed by atoms with Gasteiger partial charge in [-0.05, 0) is 48.5 Å². The molecule has 2 N–H and O–H groups in total. The molecule has 4 rings (SSSR count). The first-order valence-electron chi connectivity index (χ1n) is 8.89. The zero-order chi connectivity index (χ0) is 22.3. The Hall–Kier alpha value is -3.68. The first-order chi connectivity index (χ1) is 14.8. The quantitative estimate of drug-likeness (QED) is 0.553. The Morgan fingerprint density at radius 1 is 0.871 bits per heavy atom. The Labute approximate surface area is 185 Å². The van der Waals surface area contributed by atoms with Gasteiger partial charge < -0.3 is 10.4 Å². The molecule has 1 aliphatic heterocycles. The van der Waals surface area contributed by atoms with Gasteiger partial charge in [0.05, 0.1) is 33.1 Å². The normalized spacial score (nSPS) is 12.6. The monoisotopic (exact) mass is 454 g/mol. The highest BCUT2D eigenvalue weighted by Gasteiger charge is 2.38. The van der Waals surface area contributed by atoms with E-state index >= 15 is 0 Å². The second-order valence-corrected chi connectivity index (χ2v) is 7.45. The fourth-order valence-electron chi connectivity index (χ4n) is 3.23. The van der Waals surface area contributed by atoms with Gasteiger partial charge in [0.1, 0.15) is 0 Å². The van der Waals surface area contributed by atoms with Crippen LogP contribution in [0.25, 0.3) is 0 Å². The van der Waals surface area contributed by atoms with E-state index in [1.165, 1.54) is 36.4 Å². The van der Waals surface area contributed by atoms with Gasteiger partial charge in [-0.15, -0.1) is 0 Å². The maximum Gasteiger partial charge on any atom is 0.337 e. The Morgan fingerprint density at radius 2 is 1.58 bits per heavy atom. The SMILES string of the molecule is O=C(Nc1cc(Cl)ccc1C(=O)O)c1ccc2c(c1)C(=O)N(c1ccccc1Cl)C2=O. The van der Waals surface area contributed by atoms with E-state index in [4.69, 9.17) is 23.2 Å². The topological polar surface area (TPSA) is 104 Å². The van der Waals surface area contributed by atoms with Crippen LogP contribution in [-0.4, -0.2) is 28.8 Å². The highest BCUT2D eigenvalue weighted by molar-refractivity contribution is 6.40. The van der Waals surface area contributed by atoms with Crippen LogP contribution in [0.1, 0.15) is 41.4 Å². The van der Waals surface area contributed by atoms with Gasteiger partial charge in [0, 0.05) is 10.6 Å². The van der Waals surface area contributed by atoms with E-state index in [-0.39, 0.29) is 43.7 Å². The lowest BCUT2D eigenvalue weighted by Crippen LogP contribution is -2.29. The molecular weight excluding hydrogens is 443 g/mol. The summed E-state index contributed by atoms with van der Waals surface area (Å²) >= 11 is 12.0. The summed E-state index contributed by atoms with van der Waals surface area (Å²) in [5.74, 6) is -3.07. The summed E-state index contributed by atoms with van der Waals surface area (Å²) in [6, 6.07) is 14.4. The molecule has 0 bridgehead atoms. The number of fused-ring (bicyclic) bond motifs is 1. The van der Waals surface area contributed by atoms with E-state index < -0.39 is 23.7 Å². The minimum Gasteiger partial charge on any atom is -0.478 e. The maximum atomic E-state index is 12.9. The molecule has 9 heteroatoms. The number of halogens is 2. The predicted octanol–water partition coefficient (Wildman–Crippen LogP) is 4.74. The third-order valence-corrected chi connectivity index (χ3v) is 5.26. The number of benzene rings is 3. The van der Waals surface area contributed by atoms with Crippen LogP contribution in [-0.2, 0) is 0 Å². The second kappa shape index (κ2) is 7.86. The molecule has 1 aliphatic rings. The van der Waals surface area contributed by atoms with Gasteiger partial charge in [-0.1, -0.05) is 35.3 Å². The van der Waals surface area contributed by atoms with Crippen molar-refractivity contribution in [1.82, 2.24) is 0 Å². The van der Waals surface area contributed by atoms with Gasteiger partial charge in [-0.25, -0.2) is 9.69 Å². The molecule has 0 aromatic heterocycles. The summed E-state index contributed by atoms with van der Waals surface area (Å²) in [4.78, 5) is 50.7. The van der Waals surface area contributed by atoms with Crippen LogP contribution in [0.4, 0.5) is 11.4 Å². The van der Waals surface area contributed by atoms with E-state index in [1.54, 1.807) is 24.3 Å². The molecule has 0 saturated carbocycles. The number of hydrogen-bond acceptors (Lipinski definition) is 4. The number of nitrogens with zero attached hydrogens (tertiary/aromatic N) is 1. The summed E-state index contributed by atoms with van der Waals surface area (Å²) in [7, 11) is 0. The van der Waals surface area contributed by atoms with Crippen LogP contribution in [0.3, 0.4) is 0 Å². The van der Waals surface area contributed by atoms with Crippen LogP contribution in [0.15, 0.2) is 60.7 Å². The van der Waals surface area contributed by atoms with Crippen molar-refractivity contribution in [2.45, 2.75) is 0 Å². The van der Waals surface area contributed by atoms with Crippen LogP contribution in [0, 0.1) is 0 Å². The average molecular weight is 455 g/mol. The minimum atomic E-state index is -1.24. The molecule has 0 unspecified atom stereocenters. The number of carboxylic acid groups (broad SMARTS) is 1. The predicted molar refractivity (Wildman–Crippen MR) is 115 cm³/mol. The molecule has 0 fully saturated rings. The number of imide groups is 1. The third kappa shape index (κ3) is 3.65. The molecule has 3 aromatic carbocycles. The van der Waals surface area contributed by atoms with Crippen molar-refractivity contribution >= 4 is 58.3 Å². The highest BCUT2D eigenvalue weighted by Crippen LogP contribution is 2.33. The van der Waals surface area contributed by atoms with E-state index in [2.05, 4.69) is 5.32 Å². The molecule has 0 saturated heterocycles. The summed E-state index contributed by atoms with van der Waals surface area (Å²) in [6.07, 6.45) is 0. The smallest absolute Gasteiger partial charge is 0.337 e. The van der Waals surface area contributed by atoms with E-state index in [1.807, 2.05) is 0 Å². The van der Waals surface area contributed by atoms with Crippen molar-refractivity contribution in [3.8, 4) is 0 Å². The number of carbonyl (C=O) groups excluding carboxylic acids is 3. The number of rotatable bonds is 4. The summed E-state index contributed by atoms with van der Waals surface area (Å²) in [5, 5.41) is 12.3. The van der Waals surface area contributed by atoms with Gasteiger partial charge in [0.25, 0.3) is 17.7 Å². The highest BCUT2D eigenvalue weighted by atomic mass is 35.5. The average Bonchev–Trinajstić information content (AvgIpc) is 2.98. The summed E-state index contributed by atoms with van der Waals surface area (Å²) in [6.45, 7) is 0. The molecule has 1 heterocycles. The van der Waals surface area contributed by atoms with Crippen molar-refractivity contribution < 1.29 is 24.3 Å². The van der Waals surface area contributed by atoms with Gasteiger partial charge in [-0.2, -0.15) is 0 Å². The maximum absolute atomic E-state index is 12.9. The Balaban J connectivity index is 1.67. The van der Waals surface area contributed by atoms with Gasteiger partial charge in [-0.3, -0.25) is 14.4 Å². The van der Waals surface area contributed by atoms with Crippen LogP contribution >= 0.6 is 23.2 Å². The second-order valence-electron chi connectivity index (χ2n) is 6.61. The zero-order valence-corrected chi connectivity index (χ0v) is 17.1. The van der Waals surface area contributed by atoms with E-state index in [0.29, 0.717) is 0 Å². The molecule has 0 aliphatic carbocycles. The Morgan fingerprint density at radius 3 is 2.29 bits per heavy atom. The lowest BCUT2D eigenvalue weighted by molar-refractivity contribution is 0.0697. The fraction of sp³-hybridized carbons (Fsp3) is 0. The number of nitrogens with one attached hydrogen (secondary N) is 1. The van der Waals surface area contributed by atoms with Gasteiger partial charge in [0.2, 0.25) is 0 Å². The molecule has 7 nitrogen and oxygen atoms in total. The summed E-state index contributed by atoms with van der Waals surface area (Å²) < 4.78 is 0. The summed E-state index contributed by atoms with van der Waals surface area (Å²) in [5.41, 5.74) is 0.349. The number of anilines is 2. The number of amides is 3. The van der Waals surface area contributed by atoms with Crippen LogP contribution < -0.4 is 10.2 Å². The first-order valence-corrected chi connectivity index (χ1v) is 9.65. The van der Waals surface area contributed by atoms with Gasteiger partial charge in [0.15, 0.2) is 0 Å². The Bertz CT molecular complexity index is 1290. The number of aromatic carboxylic acids is 1. The van der Waals surface area contributed by atoms with E-state index in [0.717, 1.165) is 4.90 Å². The molecule has 0 spiro atoms. The molecule has 0 atom stereocenters. The lowest BCUT2D eigenvalue weighted by Gasteiger charge is -2.15. The first kappa shape index (κ1) is 20.6. The molecule has 3 amide bonds. The third-order valence-electron chi connectivity index (χ3n) is 4.70. The molecule has 154 valence electrons. The lowest BCUT2D eigenvalue weighted by atomic mass is 10.0. The molecule has 0 radical (unpaired) electrons. The number of para-hydroxylation sites is 1. The van der Waals surface area contributed by atoms with Crippen LogP contribution in [0.5, 0.6) is 0 Å². The van der Waals surface area contributed by atoms with Crippen LogP contribution in [0.2, 0.25) is 10.0 Å². The fourth-order valence-corrected chi connectivity index (χ4v) is 3.63. The minimum absolute atomic E-state index is 0.00518. The van der Waals surface area contributed by atoms with Crippen molar-refractivity contribution in [1.29, 1.82) is 0 Å². The number of carboxylic acids is 1. The number of hydrogen-bond donors (Lipinski definition) is 2. The largest absolute Gasteiger partial charge is 0.478 e. The van der Waals surface area contributed by atoms with Crippen molar-refractivity contribution in [2.75, 3.05) is 10.2 Å². The molecular formula is C22H12Cl2N2O5. The zero-order valence-electron chi connectivity index (χ0n) is 15.6. The Kier molecular flexibility index (Phi) is 5.22. The molecule has 31 heavy (non-hydrogen) atoms.